The second-order valence-electron chi connectivity index (χ2n) is 4.13. The molecular formula is C13H12O2S. The van der Waals surface area contributed by atoms with Gasteiger partial charge in [-0.3, -0.25) is 0 Å². The van der Waals surface area contributed by atoms with Crippen molar-refractivity contribution < 1.29 is 10.2 Å². The Morgan fingerprint density at radius 1 is 1.19 bits per heavy atom. The number of aliphatic hydroxyl groups is 1. The number of aliphatic hydroxyl groups excluding tert-OH is 1. The summed E-state index contributed by atoms with van der Waals surface area (Å²) < 4.78 is 0. The van der Waals surface area contributed by atoms with Gasteiger partial charge in [-0.1, -0.05) is 12.1 Å². The molecule has 1 aromatic carbocycles. The second kappa shape index (κ2) is 3.59. The Morgan fingerprint density at radius 3 is 2.94 bits per heavy atom. The summed E-state index contributed by atoms with van der Waals surface area (Å²) in [5, 5.41) is 19.3. The van der Waals surface area contributed by atoms with E-state index in [1.165, 1.54) is 16.7 Å². The summed E-state index contributed by atoms with van der Waals surface area (Å²) in [4.78, 5) is 0. The number of hydrogen-bond donors (Lipinski definition) is 2. The van der Waals surface area contributed by atoms with Crippen molar-refractivity contribution in [3.63, 3.8) is 0 Å². The molecule has 0 saturated heterocycles. The standard InChI is InChI=1S/C13H12O2S/c14-9-1-3-11-8(5-9)7-16-13-6-10(15)2-4-12(11)13/h1-5,13-15H,6-7H2. The highest BCUT2D eigenvalue weighted by molar-refractivity contribution is 7.99. The number of thioether (sulfide) groups is 1. The lowest BCUT2D eigenvalue weighted by molar-refractivity contribution is 0.390. The van der Waals surface area contributed by atoms with Crippen LogP contribution in [0.4, 0.5) is 0 Å². The molecule has 0 amide bonds. The molecule has 1 atom stereocenters. The van der Waals surface area contributed by atoms with Crippen molar-refractivity contribution in [2.45, 2.75) is 17.4 Å². The smallest absolute Gasteiger partial charge is 0.115 e. The third-order valence-electron chi connectivity index (χ3n) is 3.04. The lowest BCUT2D eigenvalue weighted by Gasteiger charge is -2.29. The Morgan fingerprint density at radius 2 is 2.06 bits per heavy atom. The van der Waals surface area contributed by atoms with E-state index in [0.717, 1.165) is 12.2 Å². The summed E-state index contributed by atoms with van der Waals surface area (Å²) in [5.74, 6) is 1.69. The molecule has 0 spiro atoms. The van der Waals surface area contributed by atoms with Gasteiger partial charge in [0.1, 0.15) is 5.75 Å². The fourth-order valence-corrected chi connectivity index (χ4v) is 3.54. The highest BCUT2D eigenvalue weighted by Crippen LogP contribution is 2.43. The Balaban J connectivity index is 2.11. The molecule has 1 aromatic rings. The van der Waals surface area contributed by atoms with Gasteiger partial charge in [-0.15, -0.1) is 11.8 Å². The summed E-state index contributed by atoms with van der Waals surface area (Å²) >= 11 is 1.82. The maximum atomic E-state index is 9.50. The Kier molecular flexibility index (Phi) is 2.21. The molecule has 2 aliphatic rings. The quantitative estimate of drug-likeness (QED) is 0.721. The van der Waals surface area contributed by atoms with Gasteiger partial charge in [0.25, 0.3) is 0 Å². The van der Waals surface area contributed by atoms with Gasteiger partial charge in [0, 0.05) is 17.4 Å². The van der Waals surface area contributed by atoms with Gasteiger partial charge in [-0.25, -0.2) is 0 Å². The molecule has 0 bridgehead atoms. The predicted molar refractivity (Wildman–Crippen MR) is 66.5 cm³/mol. The zero-order chi connectivity index (χ0) is 11.1. The van der Waals surface area contributed by atoms with Crippen LogP contribution in [0, 0.1) is 0 Å². The van der Waals surface area contributed by atoms with Gasteiger partial charge in [0.05, 0.1) is 5.76 Å². The van der Waals surface area contributed by atoms with Crippen molar-refractivity contribution in [3.8, 4) is 5.75 Å². The van der Waals surface area contributed by atoms with Crippen LogP contribution in [0.3, 0.4) is 0 Å². The van der Waals surface area contributed by atoms with E-state index in [1.54, 1.807) is 12.1 Å². The summed E-state index contributed by atoms with van der Waals surface area (Å²) in [7, 11) is 0. The van der Waals surface area contributed by atoms with Crippen molar-refractivity contribution in [2.75, 3.05) is 0 Å². The Bertz CT molecular complexity index is 503. The normalized spacial score (nSPS) is 22.9. The van der Waals surface area contributed by atoms with Crippen LogP contribution in [0.25, 0.3) is 5.57 Å². The van der Waals surface area contributed by atoms with E-state index in [-0.39, 0.29) is 0 Å². The minimum atomic E-state index is 0.326. The summed E-state index contributed by atoms with van der Waals surface area (Å²) in [6.45, 7) is 0. The molecular weight excluding hydrogens is 220 g/mol. The molecule has 2 nitrogen and oxygen atoms in total. The van der Waals surface area contributed by atoms with E-state index in [4.69, 9.17) is 0 Å². The third-order valence-corrected chi connectivity index (χ3v) is 4.34. The molecule has 82 valence electrons. The fraction of sp³-hybridized carbons (Fsp3) is 0.231. The molecule has 1 aliphatic carbocycles. The molecule has 3 heteroatoms. The van der Waals surface area contributed by atoms with Gasteiger partial charge in [-0.2, -0.15) is 0 Å². The van der Waals surface area contributed by atoms with Crippen LogP contribution in [0.5, 0.6) is 5.75 Å². The molecule has 0 saturated carbocycles. The number of aromatic hydroxyl groups is 1. The first-order valence-corrected chi connectivity index (χ1v) is 6.32. The highest BCUT2D eigenvalue weighted by atomic mass is 32.2. The van der Waals surface area contributed by atoms with Crippen LogP contribution >= 0.6 is 11.8 Å². The number of fused-ring (bicyclic) bond motifs is 3. The highest BCUT2D eigenvalue weighted by Gasteiger charge is 2.27. The lowest BCUT2D eigenvalue weighted by Crippen LogP contribution is -2.16. The maximum absolute atomic E-state index is 9.50. The van der Waals surface area contributed by atoms with Crippen LogP contribution in [0.15, 0.2) is 36.1 Å². The number of phenolic OH excluding ortho intramolecular Hbond substituents is 1. The van der Waals surface area contributed by atoms with Crippen LogP contribution in [-0.2, 0) is 5.75 Å². The largest absolute Gasteiger partial charge is 0.512 e. The van der Waals surface area contributed by atoms with Crippen molar-refractivity contribution in [2.24, 2.45) is 0 Å². The molecule has 1 heterocycles. The second-order valence-corrected chi connectivity index (χ2v) is 5.32. The van der Waals surface area contributed by atoms with Gasteiger partial charge in [0.2, 0.25) is 0 Å². The molecule has 0 fully saturated rings. The van der Waals surface area contributed by atoms with Crippen molar-refractivity contribution in [1.29, 1.82) is 0 Å². The molecule has 16 heavy (non-hydrogen) atoms. The first kappa shape index (κ1) is 9.85. The third kappa shape index (κ3) is 1.52. The van der Waals surface area contributed by atoms with Crippen molar-refractivity contribution >= 4 is 17.3 Å². The average molecular weight is 232 g/mol. The van der Waals surface area contributed by atoms with E-state index in [9.17, 15) is 10.2 Å². The minimum Gasteiger partial charge on any atom is -0.512 e. The number of rotatable bonds is 0. The van der Waals surface area contributed by atoms with Gasteiger partial charge >= 0.3 is 0 Å². The topological polar surface area (TPSA) is 40.5 Å². The van der Waals surface area contributed by atoms with E-state index < -0.39 is 0 Å². The van der Waals surface area contributed by atoms with Crippen LogP contribution < -0.4 is 0 Å². The molecule has 2 N–H and O–H groups in total. The van der Waals surface area contributed by atoms with Crippen LogP contribution in [0.1, 0.15) is 17.5 Å². The summed E-state index contributed by atoms with van der Waals surface area (Å²) in [6.07, 6.45) is 4.48. The number of hydrogen-bond acceptors (Lipinski definition) is 3. The van der Waals surface area contributed by atoms with Crippen molar-refractivity contribution in [1.82, 2.24) is 0 Å². The molecule has 3 rings (SSSR count). The van der Waals surface area contributed by atoms with Gasteiger partial charge in [0.15, 0.2) is 0 Å². The minimum absolute atomic E-state index is 0.326. The van der Waals surface area contributed by atoms with E-state index in [2.05, 4.69) is 0 Å². The lowest BCUT2D eigenvalue weighted by atomic mass is 9.92. The zero-order valence-corrected chi connectivity index (χ0v) is 9.50. The number of allylic oxidation sites excluding steroid dienone is 3. The Labute approximate surface area is 98.3 Å². The molecule has 0 aromatic heterocycles. The molecule has 0 radical (unpaired) electrons. The number of benzene rings is 1. The maximum Gasteiger partial charge on any atom is 0.115 e. The monoisotopic (exact) mass is 232 g/mol. The van der Waals surface area contributed by atoms with E-state index in [1.807, 2.05) is 30.0 Å². The first-order chi connectivity index (χ1) is 7.74. The van der Waals surface area contributed by atoms with Crippen LogP contribution in [0.2, 0.25) is 0 Å². The van der Waals surface area contributed by atoms with E-state index >= 15 is 0 Å². The van der Waals surface area contributed by atoms with E-state index in [0.29, 0.717) is 16.8 Å². The summed E-state index contributed by atoms with van der Waals surface area (Å²) in [5.41, 5.74) is 3.66. The molecule has 1 aliphatic heterocycles. The molecule has 1 unspecified atom stereocenters. The first-order valence-electron chi connectivity index (χ1n) is 5.27. The van der Waals surface area contributed by atoms with Gasteiger partial charge in [-0.05, 0) is 34.9 Å². The fourth-order valence-electron chi connectivity index (χ4n) is 2.24. The Hall–Kier alpha value is -1.35. The predicted octanol–water partition coefficient (Wildman–Crippen LogP) is 3.24. The average Bonchev–Trinajstić information content (AvgIpc) is 2.28. The van der Waals surface area contributed by atoms with Crippen LogP contribution in [-0.4, -0.2) is 15.5 Å². The zero-order valence-electron chi connectivity index (χ0n) is 8.68. The SMILES string of the molecule is OC1=CC=C2c3ccc(O)cc3CSC2C1. The number of phenols is 1. The van der Waals surface area contributed by atoms with Crippen molar-refractivity contribution in [3.05, 3.63) is 47.2 Å². The summed E-state index contributed by atoms with van der Waals surface area (Å²) in [6, 6.07) is 5.53. The van der Waals surface area contributed by atoms with Gasteiger partial charge < -0.3 is 10.2 Å².